The van der Waals surface area contributed by atoms with Crippen LogP contribution in [0.2, 0.25) is 0 Å². The second-order valence-electron chi connectivity index (χ2n) is 5.64. The van der Waals surface area contributed by atoms with Gasteiger partial charge in [-0.1, -0.05) is 0 Å². The summed E-state index contributed by atoms with van der Waals surface area (Å²) >= 11 is 0. The highest BCUT2D eigenvalue weighted by Crippen LogP contribution is 2.24. The zero-order chi connectivity index (χ0) is 15.1. The Bertz CT molecular complexity index is 801. The van der Waals surface area contributed by atoms with Gasteiger partial charge in [0, 0.05) is 37.8 Å². The summed E-state index contributed by atoms with van der Waals surface area (Å²) in [6, 6.07) is 1.88. The molecule has 3 aromatic rings. The lowest BCUT2D eigenvalue weighted by atomic mass is 10.1. The molecule has 22 heavy (non-hydrogen) atoms. The molecule has 4 rings (SSSR count). The first-order chi connectivity index (χ1) is 10.7. The van der Waals surface area contributed by atoms with Crippen LogP contribution in [-0.4, -0.2) is 31.2 Å². The van der Waals surface area contributed by atoms with Crippen LogP contribution in [0.15, 0.2) is 27.5 Å². The van der Waals surface area contributed by atoms with Crippen LogP contribution >= 0.6 is 0 Å². The van der Waals surface area contributed by atoms with Gasteiger partial charge in [-0.3, -0.25) is 4.90 Å². The minimum atomic E-state index is 0.438. The molecule has 0 amide bonds. The normalized spacial score (nSPS) is 15.2. The third-order valence-electron chi connectivity index (χ3n) is 4.07. The van der Waals surface area contributed by atoms with E-state index in [0.717, 1.165) is 30.8 Å². The topological polar surface area (TPSA) is 73.1 Å². The van der Waals surface area contributed by atoms with E-state index in [1.165, 1.54) is 5.69 Å². The van der Waals surface area contributed by atoms with Crippen LogP contribution in [0.4, 0.5) is 0 Å². The summed E-state index contributed by atoms with van der Waals surface area (Å²) in [5.74, 6) is 1.68. The summed E-state index contributed by atoms with van der Waals surface area (Å²) in [7, 11) is 2.04. The second kappa shape index (κ2) is 5.10. The predicted molar refractivity (Wildman–Crippen MR) is 77.8 cm³/mol. The maximum absolute atomic E-state index is 5.72. The maximum Gasteiger partial charge on any atom is 0.283 e. The van der Waals surface area contributed by atoms with Crippen molar-refractivity contribution in [3.63, 3.8) is 0 Å². The number of rotatable bonds is 3. The molecule has 0 unspecified atom stereocenters. The van der Waals surface area contributed by atoms with E-state index in [4.69, 9.17) is 8.83 Å². The monoisotopic (exact) mass is 299 g/mol. The van der Waals surface area contributed by atoms with E-state index in [1.54, 1.807) is 6.26 Å². The Morgan fingerprint density at radius 3 is 3.05 bits per heavy atom. The van der Waals surface area contributed by atoms with Crippen molar-refractivity contribution in [1.29, 1.82) is 0 Å². The summed E-state index contributed by atoms with van der Waals surface area (Å²) in [6.07, 6.45) is 4.49. The predicted octanol–water partition coefficient (Wildman–Crippen LogP) is 1.93. The van der Waals surface area contributed by atoms with Crippen molar-refractivity contribution in [2.45, 2.75) is 26.4 Å². The van der Waals surface area contributed by atoms with E-state index in [2.05, 4.69) is 24.6 Å². The van der Waals surface area contributed by atoms with Gasteiger partial charge < -0.3 is 13.4 Å². The molecule has 0 saturated carbocycles. The van der Waals surface area contributed by atoms with Crippen LogP contribution in [0.1, 0.15) is 22.8 Å². The van der Waals surface area contributed by atoms with Crippen molar-refractivity contribution >= 4 is 0 Å². The molecule has 7 nitrogen and oxygen atoms in total. The molecule has 0 N–H and O–H groups in total. The molecule has 4 heterocycles. The molecule has 0 aliphatic carbocycles. The third-order valence-corrected chi connectivity index (χ3v) is 4.07. The first kappa shape index (κ1) is 13.3. The van der Waals surface area contributed by atoms with Gasteiger partial charge >= 0.3 is 0 Å². The Kier molecular flexibility index (Phi) is 3.07. The van der Waals surface area contributed by atoms with Crippen LogP contribution in [0.5, 0.6) is 0 Å². The van der Waals surface area contributed by atoms with E-state index in [0.29, 0.717) is 24.1 Å². The fourth-order valence-corrected chi connectivity index (χ4v) is 2.84. The molecule has 0 radical (unpaired) electrons. The Morgan fingerprint density at radius 1 is 1.32 bits per heavy atom. The van der Waals surface area contributed by atoms with Crippen LogP contribution in [0.3, 0.4) is 0 Å². The number of aryl methyl sites for hydroxylation is 2. The fourth-order valence-electron chi connectivity index (χ4n) is 2.84. The molecule has 1 aliphatic heterocycles. The first-order valence-electron chi connectivity index (χ1n) is 7.29. The molecular weight excluding hydrogens is 282 g/mol. The standard InChI is InChI=1S/C15H17N5O2/c1-10-4-6-21-14(10)15-18-17-13(22-15)8-20-5-3-12-11(7-20)16-9-19(12)2/h4,6,9H,3,5,7-8H2,1-2H3. The SMILES string of the molecule is Cc1ccoc1-c1nnc(CN2CCc3c(ncn3C)C2)o1. The molecule has 3 aromatic heterocycles. The Hall–Kier alpha value is -2.41. The summed E-state index contributed by atoms with van der Waals surface area (Å²) in [5.41, 5.74) is 3.44. The molecule has 0 saturated heterocycles. The van der Waals surface area contributed by atoms with Gasteiger partial charge in [0.2, 0.25) is 5.89 Å². The highest BCUT2D eigenvalue weighted by molar-refractivity contribution is 5.49. The van der Waals surface area contributed by atoms with Gasteiger partial charge in [0.1, 0.15) is 0 Å². The fraction of sp³-hybridized carbons (Fsp3) is 0.400. The van der Waals surface area contributed by atoms with Crippen LogP contribution in [0, 0.1) is 6.92 Å². The highest BCUT2D eigenvalue weighted by Gasteiger charge is 2.22. The largest absolute Gasteiger partial charge is 0.459 e. The molecule has 7 heteroatoms. The number of furan rings is 1. The minimum absolute atomic E-state index is 0.438. The summed E-state index contributed by atoms with van der Waals surface area (Å²) in [6.45, 7) is 4.36. The van der Waals surface area contributed by atoms with E-state index in [1.807, 2.05) is 26.4 Å². The Balaban J connectivity index is 1.49. The molecule has 0 fully saturated rings. The summed E-state index contributed by atoms with van der Waals surface area (Å²) < 4.78 is 13.2. The average molecular weight is 299 g/mol. The van der Waals surface area contributed by atoms with E-state index < -0.39 is 0 Å². The van der Waals surface area contributed by atoms with E-state index in [-0.39, 0.29) is 0 Å². The minimum Gasteiger partial charge on any atom is -0.459 e. The first-order valence-corrected chi connectivity index (χ1v) is 7.29. The van der Waals surface area contributed by atoms with Crippen molar-refractivity contribution in [1.82, 2.24) is 24.6 Å². The maximum atomic E-state index is 5.72. The molecular formula is C15H17N5O2. The third kappa shape index (κ3) is 2.23. The van der Waals surface area contributed by atoms with Crippen LogP contribution < -0.4 is 0 Å². The van der Waals surface area contributed by atoms with Gasteiger partial charge in [-0.25, -0.2) is 4.98 Å². The van der Waals surface area contributed by atoms with Crippen molar-refractivity contribution in [2.75, 3.05) is 6.54 Å². The van der Waals surface area contributed by atoms with Gasteiger partial charge in [0.15, 0.2) is 5.76 Å². The molecule has 1 aliphatic rings. The number of fused-ring (bicyclic) bond motifs is 1. The van der Waals surface area contributed by atoms with Gasteiger partial charge in [-0.15, -0.1) is 10.2 Å². The Morgan fingerprint density at radius 2 is 2.23 bits per heavy atom. The van der Waals surface area contributed by atoms with E-state index >= 15 is 0 Å². The van der Waals surface area contributed by atoms with Crippen molar-refractivity contribution in [3.8, 4) is 11.7 Å². The number of imidazole rings is 1. The van der Waals surface area contributed by atoms with Crippen molar-refractivity contribution in [3.05, 3.63) is 41.5 Å². The summed E-state index contributed by atoms with van der Waals surface area (Å²) in [5, 5.41) is 8.20. The van der Waals surface area contributed by atoms with Crippen LogP contribution in [0.25, 0.3) is 11.7 Å². The van der Waals surface area contributed by atoms with Crippen molar-refractivity contribution in [2.24, 2.45) is 7.05 Å². The van der Waals surface area contributed by atoms with Gasteiger partial charge in [0.05, 0.1) is 24.8 Å². The lowest BCUT2D eigenvalue weighted by Crippen LogP contribution is -2.30. The smallest absolute Gasteiger partial charge is 0.283 e. The molecule has 0 bridgehead atoms. The molecule has 114 valence electrons. The number of aromatic nitrogens is 4. The molecule has 0 spiro atoms. The lowest BCUT2D eigenvalue weighted by Gasteiger charge is -2.24. The highest BCUT2D eigenvalue weighted by atomic mass is 16.4. The number of hydrogen-bond donors (Lipinski definition) is 0. The number of hydrogen-bond acceptors (Lipinski definition) is 6. The van der Waals surface area contributed by atoms with Crippen molar-refractivity contribution < 1.29 is 8.83 Å². The zero-order valence-corrected chi connectivity index (χ0v) is 12.6. The van der Waals surface area contributed by atoms with E-state index in [9.17, 15) is 0 Å². The molecule has 0 atom stereocenters. The van der Waals surface area contributed by atoms with Gasteiger partial charge in [0.25, 0.3) is 5.89 Å². The summed E-state index contributed by atoms with van der Waals surface area (Å²) in [4.78, 5) is 6.71. The quantitative estimate of drug-likeness (QED) is 0.736. The lowest BCUT2D eigenvalue weighted by molar-refractivity contribution is 0.217. The zero-order valence-electron chi connectivity index (χ0n) is 12.6. The van der Waals surface area contributed by atoms with Gasteiger partial charge in [-0.2, -0.15) is 0 Å². The van der Waals surface area contributed by atoms with Gasteiger partial charge in [-0.05, 0) is 13.0 Å². The second-order valence-corrected chi connectivity index (χ2v) is 5.64. The molecule has 0 aromatic carbocycles. The van der Waals surface area contributed by atoms with Crippen LogP contribution in [-0.2, 0) is 26.6 Å². The number of nitrogens with zero attached hydrogens (tertiary/aromatic N) is 5. The average Bonchev–Trinajstić information content (AvgIpc) is 3.21. The Labute approximate surface area is 127 Å².